The molecule has 1 N–H and O–H groups in total. The third-order valence-electron chi connectivity index (χ3n) is 4.71. The third-order valence-corrected chi connectivity index (χ3v) is 6.55. The second kappa shape index (κ2) is 7.41. The van der Waals surface area contributed by atoms with Gasteiger partial charge in [-0.15, -0.1) is 0 Å². The van der Waals surface area contributed by atoms with Crippen LogP contribution >= 0.6 is 0 Å². The van der Waals surface area contributed by atoms with Gasteiger partial charge in [-0.05, 0) is 36.5 Å². The molecule has 2 saturated heterocycles. The molecule has 0 bridgehead atoms. The third kappa shape index (κ3) is 5.66. The fraction of sp³-hybridized carbons (Fsp3) is 0.941. The van der Waals surface area contributed by atoms with Crippen LogP contribution in [0.3, 0.4) is 0 Å². The van der Waals surface area contributed by atoms with Gasteiger partial charge in [0.1, 0.15) is 0 Å². The number of nitrogens with zero attached hydrogens (tertiary/aromatic N) is 2. The van der Waals surface area contributed by atoms with Crippen LogP contribution in [0, 0.1) is 17.3 Å². The van der Waals surface area contributed by atoms with E-state index in [9.17, 15) is 8.42 Å². The summed E-state index contributed by atoms with van der Waals surface area (Å²) in [6.07, 6.45) is 3.06. The van der Waals surface area contributed by atoms with Gasteiger partial charge in [0.2, 0.25) is 0 Å². The molecule has 0 amide bonds. The van der Waals surface area contributed by atoms with E-state index < -0.39 is 9.84 Å². The molecule has 0 spiro atoms. The molecule has 2 atom stereocenters. The Labute approximate surface area is 141 Å². The van der Waals surface area contributed by atoms with Crippen LogP contribution in [-0.4, -0.2) is 57.0 Å². The second-order valence-corrected chi connectivity index (χ2v) is 10.4. The minimum atomic E-state index is -2.82. The highest BCUT2D eigenvalue weighted by Crippen LogP contribution is 2.32. The molecule has 23 heavy (non-hydrogen) atoms. The number of likely N-dealkylation sites (tertiary alicyclic amines) is 1. The van der Waals surface area contributed by atoms with Crippen LogP contribution in [0.5, 0.6) is 0 Å². The first-order chi connectivity index (χ1) is 10.7. The molecule has 0 aromatic carbocycles. The van der Waals surface area contributed by atoms with Crippen molar-refractivity contribution >= 4 is 15.8 Å². The highest BCUT2D eigenvalue weighted by atomic mass is 32.2. The lowest BCUT2D eigenvalue weighted by Gasteiger charge is -2.43. The smallest absolute Gasteiger partial charge is 0.193 e. The number of hydrogen-bond donors (Lipinski definition) is 1. The van der Waals surface area contributed by atoms with Gasteiger partial charge in [-0.1, -0.05) is 27.7 Å². The van der Waals surface area contributed by atoms with E-state index in [-0.39, 0.29) is 5.92 Å². The van der Waals surface area contributed by atoms with Gasteiger partial charge in [-0.3, -0.25) is 4.99 Å². The van der Waals surface area contributed by atoms with Crippen LogP contribution in [0.4, 0.5) is 0 Å². The number of nitrogens with one attached hydrogen (secondary N) is 1. The summed E-state index contributed by atoms with van der Waals surface area (Å²) < 4.78 is 23.2. The Bertz CT molecular complexity index is 528. The minimum Gasteiger partial charge on any atom is -0.356 e. The summed E-state index contributed by atoms with van der Waals surface area (Å²) >= 11 is 0. The Hall–Kier alpha value is -0.780. The molecule has 2 rings (SSSR count). The van der Waals surface area contributed by atoms with E-state index in [1.54, 1.807) is 0 Å². The number of piperidine rings is 1. The van der Waals surface area contributed by atoms with E-state index in [1.807, 2.05) is 0 Å². The average molecular weight is 344 g/mol. The maximum Gasteiger partial charge on any atom is 0.193 e. The van der Waals surface area contributed by atoms with Crippen LogP contribution in [0.25, 0.3) is 0 Å². The van der Waals surface area contributed by atoms with Crippen molar-refractivity contribution in [1.82, 2.24) is 10.2 Å². The summed E-state index contributed by atoms with van der Waals surface area (Å²) in [5.74, 6) is 2.45. The van der Waals surface area contributed by atoms with Crippen molar-refractivity contribution in [3.63, 3.8) is 0 Å². The lowest BCUT2D eigenvalue weighted by atomic mass is 9.79. The zero-order valence-electron chi connectivity index (χ0n) is 15.1. The van der Waals surface area contributed by atoms with Crippen molar-refractivity contribution in [3.05, 3.63) is 0 Å². The summed E-state index contributed by atoms with van der Waals surface area (Å²) in [6, 6.07) is 0. The van der Waals surface area contributed by atoms with Crippen LogP contribution < -0.4 is 5.32 Å². The Morgan fingerprint density at radius 2 is 2.13 bits per heavy atom. The minimum absolute atomic E-state index is 0.189. The number of hydrogen-bond acceptors (Lipinski definition) is 3. The molecular formula is C17H33N3O2S. The van der Waals surface area contributed by atoms with Gasteiger partial charge in [0, 0.05) is 26.2 Å². The van der Waals surface area contributed by atoms with Crippen molar-refractivity contribution in [3.8, 4) is 0 Å². The van der Waals surface area contributed by atoms with Gasteiger partial charge in [-0.2, -0.15) is 0 Å². The lowest BCUT2D eigenvalue weighted by molar-refractivity contribution is 0.129. The summed E-state index contributed by atoms with van der Waals surface area (Å²) in [7, 11) is -2.82. The average Bonchev–Trinajstić information content (AvgIpc) is 2.76. The van der Waals surface area contributed by atoms with Crippen molar-refractivity contribution in [2.24, 2.45) is 22.2 Å². The van der Waals surface area contributed by atoms with Gasteiger partial charge in [0.25, 0.3) is 0 Å². The molecule has 134 valence electrons. The van der Waals surface area contributed by atoms with E-state index in [4.69, 9.17) is 4.99 Å². The van der Waals surface area contributed by atoms with Gasteiger partial charge in [0.05, 0.1) is 11.5 Å². The van der Waals surface area contributed by atoms with Crippen molar-refractivity contribution in [2.75, 3.05) is 37.7 Å². The molecule has 2 unspecified atom stereocenters. The van der Waals surface area contributed by atoms with Crippen LogP contribution in [0.15, 0.2) is 4.99 Å². The molecular weight excluding hydrogens is 310 g/mol. The number of guanidine groups is 1. The summed E-state index contributed by atoms with van der Waals surface area (Å²) in [5, 5.41) is 3.47. The highest BCUT2D eigenvalue weighted by molar-refractivity contribution is 7.91. The molecule has 0 aromatic heterocycles. The monoisotopic (exact) mass is 343 g/mol. The lowest BCUT2D eigenvalue weighted by Crippen LogP contribution is -2.51. The van der Waals surface area contributed by atoms with Crippen molar-refractivity contribution in [1.29, 1.82) is 0 Å². The Morgan fingerprint density at radius 1 is 1.39 bits per heavy atom. The highest BCUT2D eigenvalue weighted by Gasteiger charge is 2.32. The van der Waals surface area contributed by atoms with Gasteiger partial charge >= 0.3 is 0 Å². The molecule has 2 fully saturated rings. The zero-order chi connectivity index (χ0) is 17.1. The van der Waals surface area contributed by atoms with E-state index in [0.717, 1.165) is 38.4 Å². The zero-order valence-corrected chi connectivity index (χ0v) is 16.0. The molecule has 0 saturated carbocycles. The van der Waals surface area contributed by atoms with E-state index in [2.05, 4.69) is 37.9 Å². The van der Waals surface area contributed by atoms with Gasteiger partial charge in [0.15, 0.2) is 15.8 Å². The first-order valence-corrected chi connectivity index (χ1v) is 10.8. The van der Waals surface area contributed by atoms with Crippen LogP contribution in [-0.2, 0) is 9.84 Å². The summed E-state index contributed by atoms with van der Waals surface area (Å²) in [4.78, 5) is 7.17. The van der Waals surface area contributed by atoms with Crippen LogP contribution in [0.2, 0.25) is 0 Å². The number of rotatable bonds is 4. The molecule has 0 aromatic rings. The summed E-state index contributed by atoms with van der Waals surface area (Å²) in [6.45, 7) is 12.7. The first kappa shape index (κ1) is 18.6. The largest absolute Gasteiger partial charge is 0.356 e. The topological polar surface area (TPSA) is 61.8 Å². The van der Waals surface area contributed by atoms with Gasteiger partial charge < -0.3 is 10.2 Å². The maximum absolute atomic E-state index is 11.6. The van der Waals surface area contributed by atoms with E-state index >= 15 is 0 Å². The molecule has 2 aliphatic rings. The Morgan fingerprint density at radius 3 is 2.70 bits per heavy atom. The summed E-state index contributed by atoms with van der Waals surface area (Å²) in [5.41, 5.74) is 0.295. The van der Waals surface area contributed by atoms with Crippen molar-refractivity contribution < 1.29 is 8.42 Å². The predicted molar refractivity (Wildman–Crippen MR) is 96.5 cm³/mol. The van der Waals surface area contributed by atoms with E-state index in [1.165, 1.54) is 6.42 Å². The fourth-order valence-corrected chi connectivity index (χ4v) is 5.78. The second-order valence-electron chi connectivity index (χ2n) is 8.21. The maximum atomic E-state index is 11.6. The fourth-order valence-electron chi connectivity index (χ4n) is 3.93. The predicted octanol–water partition coefficient (Wildman–Crippen LogP) is 2.14. The number of sulfone groups is 1. The van der Waals surface area contributed by atoms with Crippen molar-refractivity contribution in [2.45, 2.75) is 47.0 Å². The molecule has 2 heterocycles. The SMILES string of the molecule is CCCNC(=NCC1CCS(=O)(=O)C1)N1CC(C)CC(C)(C)C1. The number of aliphatic imine (C=N–C) groups is 1. The first-order valence-electron chi connectivity index (χ1n) is 8.94. The van der Waals surface area contributed by atoms with Crippen LogP contribution in [0.1, 0.15) is 47.0 Å². The molecule has 6 heteroatoms. The Kier molecular flexibility index (Phi) is 5.98. The van der Waals surface area contributed by atoms with E-state index in [0.29, 0.717) is 29.4 Å². The standard InChI is InChI=1S/C17H33N3O2S/c1-5-7-18-16(19-10-15-6-8-23(21,22)12-15)20-11-14(2)9-17(3,4)13-20/h14-15H,5-13H2,1-4H3,(H,18,19). The molecule has 5 nitrogen and oxygen atoms in total. The molecule has 0 aliphatic carbocycles. The molecule has 0 radical (unpaired) electrons. The normalized spacial score (nSPS) is 30.4. The van der Waals surface area contributed by atoms with Gasteiger partial charge in [-0.25, -0.2) is 8.42 Å². The Balaban J connectivity index is 2.05. The molecule has 2 aliphatic heterocycles. The quantitative estimate of drug-likeness (QED) is 0.627.